The summed E-state index contributed by atoms with van der Waals surface area (Å²) in [5.41, 5.74) is 5.13. The molecule has 0 saturated heterocycles. The van der Waals surface area contributed by atoms with E-state index in [-0.39, 0.29) is 5.41 Å². The van der Waals surface area contributed by atoms with Crippen LogP contribution < -0.4 is 0 Å². The third-order valence-electron chi connectivity index (χ3n) is 4.33. The molecule has 0 aliphatic rings. The lowest BCUT2D eigenvalue weighted by Crippen LogP contribution is -2.25. The fourth-order valence-electron chi connectivity index (χ4n) is 2.93. The number of rotatable bonds is 3. The summed E-state index contributed by atoms with van der Waals surface area (Å²) in [4.78, 5) is 0. The zero-order valence-corrected chi connectivity index (χ0v) is 14.6. The summed E-state index contributed by atoms with van der Waals surface area (Å²) in [6, 6.07) is 30.3. The molecule has 118 valence electrons. The topological polar surface area (TPSA) is 0 Å². The summed E-state index contributed by atoms with van der Waals surface area (Å²) in [7, 11) is 0. The molecule has 0 heteroatoms. The molecule has 0 nitrogen and oxygen atoms in total. The van der Waals surface area contributed by atoms with E-state index in [2.05, 4.69) is 98.8 Å². The second kappa shape index (κ2) is 7.78. The molecule has 0 heterocycles. The Bertz CT molecular complexity index is 655. The van der Waals surface area contributed by atoms with Crippen LogP contribution in [0.5, 0.6) is 0 Å². The van der Waals surface area contributed by atoms with E-state index in [1.165, 1.54) is 22.3 Å². The first kappa shape index (κ1) is 17.0. The highest BCUT2D eigenvalue weighted by molar-refractivity contribution is 5.49. The van der Waals surface area contributed by atoms with E-state index >= 15 is 0 Å². The van der Waals surface area contributed by atoms with Gasteiger partial charge in [-0.1, -0.05) is 104 Å². The van der Waals surface area contributed by atoms with E-state index in [1.807, 2.05) is 13.8 Å². The van der Waals surface area contributed by atoms with Gasteiger partial charge in [-0.3, -0.25) is 0 Å². The van der Waals surface area contributed by atoms with Gasteiger partial charge >= 0.3 is 0 Å². The number of benzene rings is 3. The molecule has 0 amide bonds. The molecule has 0 fully saturated rings. The fourth-order valence-corrected chi connectivity index (χ4v) is 2.93. The number of hydrogen-bond acceptors (Lipinski definition) is 0. The predicted octanol–water partition coefficient (Wildman–Crippen LogP) is 6.38. The number of hydrogen-bond donors (Lipinski definition) is 0. The average Bonchev–Trinajstić information content (AvgIpc) is 2.65. The Labute approximate surface area is 140 Å². The Kier molecular flexibility index (Phi) is 5.76. The highest BCUT2D eigenvalue weighted by Gasteiger charge is 2.30. The van der Waals surface area contributed by atoms with Crippen LogP contribution in [0.15, 0.2) is 84.9 Å². The van der Waals surface area contributed by atoms with Crippen molar-refractivity contribution >= 4 is 0 Å². The summed E-state index contributed by atoms with van der Waals surface area (Å²) >= 11 is 0. The van der Waals surface area contributed by atoms with Gasteiger partial charge in [0.05, 0.1) is 0 Å². The van der Waals surface area contributed by atoms with Crippen LogP contribution in [0.25, 0.3) is 0 Å². The van der Waals surface area contributed by atoms with Crippen LogP contribution in [0, 0.1) is 6.92 Å². The first-order valence-corrected chi connectivity index (χ1v) is 8.39. The van der Waals surface area contributed by atoms with Gasteiger partial charge in [-0.25, -0.2) is 0 Å². The smallest absolute Gasteiger partial charge is 0.0423 e. The molecule has 0 aliphatic carbocycles. The van der Waals surface area contributed by atoms with Crippen molar-refractivity contribution in [3.05, 3.63) is 107 Å². The lowest BCUT2D eigenvalue weighted by Gasteiger charge is -2.32. The van der Waals surface area contributed by atoms with Crippen molar-refractivity contribution in [3.63, 3.8) is 0 Å². The maximum absolute atomic E-state index is 2.31. The molecule has 0 aliphatic heterocycles. The molecule has 0 N–H and O–H groups in total. The van der Waals surface area contributed by atoms with E-state index in [9.17, 15) is 0 Å². The molecule has 3 rings (SSSR count). The van der Waals surface area contributed by atoms with Crippen molar-refractivity contribution < 1.29 is 0 Å². The number of aryl methyl sites for hydroxylation is 1. The van der Waals surface area contributed by atoms with Crippen LogP contribution in [-0.4, -0.2) is 0 Å². The van der Waals surface area contributed by atoms with Crippen molar-refractivity contribution in [1.82, 2.24) is 0 Å². The van der Waals surface area contributed by atoms with E-state index in [1.54, 1.807) is 0 Å². The van der Waals surface area contributed by atoms with Gasteiger partial charge in [0, 0.05) is 5.41 Å². The third-order valence-corrected chi connectivity index (χ3v) is 4.33. The van der Waals surface area contributed by atoms with E-state index in [0.29, 0.717) is 0 Å². The summed E-state index contributed by atoms with van der Waals surface area (Å²) in [5, 5.41) is 0. The van der Waals surface area contributed by atoms with Gasteiger partial charge < -0.3 is 0 Å². The van der Waals surface area contributed by atoms with Crippen molar-refractivity contribution in [2.45, 2.75) is 33.1 Å². The first-order valence-electron chi connectivity index (χ1n) is 8.39. The van der Waals surface area contributed by atoms with Crippen molar-refractivity contribution in [2.75, 3.05) is 0 Å². The Morgan fingerprint density at radius 1 is 0.522 bits per heavy atom. The van der Waals surface area contributed by atoms with Crippen LogP contribution in [0.4, 0.5) is 0 Å². The van der Waals surface area contributed by atoms with Gasteiger partial charge in [-0.05, 0) is 30.5 Å². The molecule has 0 saturated carbocycles. The molecule has 0 radical (unpaired) electrons. The maximum atomic E-state index is 2.31. The molecule has 3 aromatic carbocycles. The second-order valence-electron chi connectivity index (χ2n) is 5.72. The van der Waals surface area contributed by atoms with Gasteiger partial charge in [-0.2, -0.15) is 0 Å². The molecular weight excluding hydrogens is 276 g/mol. The Morgan fingerprint density at radius 3 is 1.26 bits per heavy atom. The monoisotopic (exact) mass is 302 g/mol. The summed E-state index contributed by atoms with van der Waals surface area (Å²) in [6.07, 6.45) is 0. The normalized spacial score (nSPS) is 10.6. The van der Waals surface area contributed by atoms with Crippen LogP contribution in [0.1, 0.15) is 43.0 Å². The second-order valence-corrected chi connectivity index (χ2v) is 5.72. The molecule has 0 bridgehead atoms. The van der Waals surface area contributed by atoms with Crippen LogP contribution in [-0.2, 0) is 5.41 Å². The van der Waals surface area contributed by atoms with Gasteiger partial charge in [0.15, 0.2) is 0 Å². The maximum Gasteiger partial charge on any atom is 0.0423 e. The standard InChI is InChI=1S/C21H20.C2H6/c1-17-13-15-20(16-14-17)21(2,18-9-5-3-6-10-18)19-11-7-4-8-12-19;1-2/h3-16H,1-2H3;1-2H3. The van der Waals surface area contributed by atoms with Crippen LogP contribution in [0.3, 0.4) is 0 Å². The van der Waals surface area contributed by atoms with Gasteiger partial charge in [0.25, 0.3) is 0 Å². The van der Waals surface area contributed by atoms with Crippen molar-refractivity contribution in [2.24, 2.45) is 0 Å². The van der Waals surface area contributed by atoms with Crippen LogP contribution >= 0.6 is 0 Å². The molecule has 0 aromatic heterocycles. The highest BCUT2D eigenvalue weighted by atomic mass is 14.3. The quantitative estimate of drug-likeness (QED) is 0.493. The van der Waals surface area contributed by atoms with Gasteiger partial charge in [-0.15, -0.1) is 0 Å². The first-order chi connectivity index (χ1) is 11.2. The van der Waals surface area contributed by atoms with E-state index in [0.717, 1.165) is 0 Å². The highest BCUT2D eigenvalue weighted by Crippen LogP contribution is 2.38. The largest absolute Gasteiger partial charge is 0.0683 e. The molecule has 3 aromatic rings. The summed E-state index contributed by atoms with van der Waals surface area (Å²) in [6.45, 7) is 8.44. The molecular formula is C23H26. The molecule has 0 unspecified atom stereocenters. The minimum Gasteiger partial charge on any atom is -0.0683 e. The van der Waals surface area contributed by atoms with Gasteiger partial charge in [0.1, 0.15) is 0 Å². The lowest BCUT2D eigenvalue weighted by atomic mass is 9.71. The Morgan fingerprint density at radius 2 is 0.870 bits per heavy atom. The third kappa shape index (κ3) is 3.53. The van der Waals surface area contributed by atoms with Gasteiger partial charge in [0.2, 0.25) is 0 Å². The van der Waals surface area contributed by atoms with Crippen molar-refractivity contribution in [1.29, 1.82) is 0 Å². The minimum absolute atomic E-state index is 0.129. The molecule has 23 heavy (non-hydrogen) atoms. The average molecular weight is 302 g/mol. The summed E-state index contributed by atoms with van der Waals surface area (Å²) in [5.74, 6) is 0. The lowest BCUT2D eigenvalue weighted by molar-refractivity contribution is 0.692. The van der Waals surface area contributed by atoms with E-state index < -0.39 is 0 Å². The van der Waals surface area contributed by atoms with Crippen LogP contribution in [0.2, 0.25) is 0 Å². The predicted molar refractivity (Wildman–Crippen MR) is 101 cm³/mol. The zero-order valence-electron chi connectivity index (χ0n) is 14.6. The zero-order chi connectivity index (χ0) is 16.7. The fraction of sp³-hybridized carbons (Fsp3) is 0.217. The Hall–Kier alpha value is -2.34. The summed E-state index contributed by atoms with van der Waals surface area (Å²) < 4.78 is 0. The van der Waals surface area contributed by atoms with Crippen molar-refractivity contribution in [3.8, 4) is 0 Å². The molecule has 0 spiro atoms. The molecule has 0 atom stereocenters. The SMILES string of the molecule is CC.Cc1ccc(C(C)(c2ccccc2)c2ccccc2)cc1. The minimum atomic E-state index is -0.129. The van der Waals surface area contributed by atoms with E-state index in [4.69, 9.17) is 0 Å². The Balaban J connectivity index is 0.000000924.